The molecule has 2 aromatic rings. The SMILES string of the molecule is CC12CCC(=O)N1c1ccccc1C(=O)N2CCCC(=O)Nc1ccccc1C(=O)N1CCOCC1. The third-order valence-corrected chi connectivity index (χ3v) is 7.26. The highest BCUT2D eigenvalue weighted by molar-refractivity contribution is 6.10. The highest BCUT2D eigenvalue weighted by Crippen LogP contribution is 2.44. The molecule has 188 valence electrons. The topological polar surface area (TPSA) is 99.3 Å². The van der Waals surface area contributed by atoms with Crippen LogP contribution in [-0.4, -0.2) is 71.9 Å². The van der Waals surface area contributed by atoms with Crippen molar-refractivity contribution in [2.75, 3.05) is 43.1 Å². The Labute approximate surface area is 210 Å². The zero-order valence-electron chi connectivity index (χ0n) is 20.4. The number of amides is 4. The van der Waals surface area contributed by atoms with Gasteiger partial charge in [-0.25, -0.2) is 0 Å². The van der Waals surface area contributed by atoms with Gasteiger partial charge in [0.1, 0.15) is 5.66 Å². The van der Waals surface area contributed by atoms with Crippen LogP contribution in [0.5, 0.6) is 0 Å². The highest BCUT2D eigenvalue weighted by atomic mass is 16.5. The van der Waals surface area contributed by atoms with Crippen LogP contribution in [0.25, 0.3) is 0 Å². The fraction of sp³-hybridized carbons (Fsp3) is 0.407. The number of para-hydroxylation sites is 2. The molecule has 2 aromatic carbocycles. The maximum absolute atomic E-state index is 13.3. The third kappa shape index (κ3) is 4.24. The average molecular weight is 491 g/mol. The van der Waals surface area contributed by atoms with E-state index in [1.807, 2.05) is 19.1 Å². The van der Waals surface area contributed by atoms with E-state index in [9.17, 15) is 19.2 Å². The van der Waals surface area contributed by atoms with E-state index < -0.39 is 5.66 Å². The number of anilines is 2. The summed E-state index contributed by atoms with van der Waals surface area (Å²) in [6.07, 6.45) is 1.53. The van der Waals surface area contributed by atoms with Crippen LogP contribution in [0.15, 0.2) is 48.5 Å². The zero-order chi connectivity index (χ0) is 25.3. The predicted molar refractivity (Wildman–Crippen MR) is 134 cm³/mol. The predicted octanol–water partition coefficient (Wildman–Crippen LogP) is 2.88. The number of ether oxygens (including phenoxy) is 1. The molecule has 3 aliphatic rings. The second-order valence-corrected chi connectivity index (χ2v) is 9.52. The Bertz CT molecular complexity index is 1210. The summed E-state index contributed by atoms with van der Waals surface area (Å²) in [6.45, 7) is 4.30. The molecule has 36 heavy (non-hydrogen) atoms. The summed E-state index contributed by atoms with van der Waals surface area (Å²) in [5.41, 5.74) is 1.34. The molecule has 1 unspecified atom stereocenters. The molecule has 0 radical (unpaired) electrons. The lowest BCUT2D eigenvalue weighted by molar-refractivity contribution is -0.118. The summed E-state index contributed by atoms with van der Waals surface area (Å²) in [7, 11) is 0. The Hall–Kier alpha value is -3.72. The van der Waals surface area contributed by atoms with Gasteiger partial charge in [-0.15, -0.1) is 0 Å². The molecule has 3 heterocycles. The molecular formula is C27H30N4O5. The molecule has 0 bridgehead atoms. The highest BCUT2D eigenvalue weighted by Gasteiger charge is 2.52. The van der Waals surface area contributed by atoms with E-state index in [1.54, 1.807) is 51.1 Å². The summed E-state index contributed by atoms with van der Waals surface area (Å²) >= 11 is 0. The molecule has 0 saturated carbocycles. The van der Waals surface area contributed by atoms with Gasteiger partial charge in [-0.3, -0.25) is 24.1 Å². The van der Waals surface area contributed by atoms with Gasteiger partial charge < -0.3 is 19.9 Å². The van der Waals surface area contributed by atoms with Crippen molar-refractivity contribution in [3.63, 3.8) is 0 Å². The number of carbonyl (C=O) groups excluding carboxylic acids is 4. The third-order valence-electron chi connectivity index (χ3n) is 7.26. The monoisotopic (exact) mass is 490 g/mol. The van der Waals surface area contributed by atoms with Gasteiger partial charge in [-0.05, 0) is 44.0 Å². The Kier molecular flexibility index (Phi) is 6.49. The number of morpholine rings is 1. The quantitative estimate of drug-likeness (QED) is 0.671. The minimum absolute atomic E-state index is 0.00161. The van der Waals surface area contributed by atoms with Gasteiger partial charge in [0.15, 0.2) is 0 Å². The number of hydrogen-bond donors (Lipinski definition) is 1. The van der Waals surface area contributed by atoms with Gasteiger partial charge in [-0.1, -0.05) is 24.3 Å². The van der Waals surface area contributed by atoms with Crippen molar-refractivity contribution < 1.29 is 23.9 Å². The molecule has 4 amide bonds. The van der Waals surface area contributed by atoms with Crippen LogP contribution in [0.3, 0.4) is 0 Å². The average Bonchev–Trinajstić information content (AvgIpc) is 3.21. The Balaban J connectivity index is 1.25. The van der Waals surface area contributed by atoms with E-state index in [2.05, 4.69) is 5.32 Å². The first-order valence-corrected chi connectivity index (χ1v) is 12.4. The minimum Gasteiger partial charge on any atom is -0.378 e. The maximum atomic E-state index is 13.3. The van der Waals surface area contributed by atoms with Crippen molar-refractivity contribution in [1.82, 2.24) is 9.80 Å². The van der Waals surface area contributed by atoms with Crippen LogP contribution in [0, 0.1) is 0 Å². The van der Waals surface area contributed by atoms with Crippen LogP contribution in [0.2, 0.25) is 0 Å². The summed E-state index contributed by atoms with van der Waals surface area (Å²) in [4.78, 5) is 57.0. The largest absolute Gasteiger partial charge is 0.378 e. The number of nitrogens with zero attached hydrogens (tertiary/aromatic N) is 3. The van der Waals surface area contributed by atoms with Crippen molar-refractivity contribution in [3.05, 3.63) is 59.7 Å². The van der Waals surface area contributed by atoms with Crippen LogP contribution in [-0.2, 0) is 14.3 Å². The Morgan fingerprint density at radius 3 is 2.56 bits per heavy atom. The van der Waals surface area contributed by atoms with Gasteiger partial charge in [0.25, 0.3) is 11.8 Å². The standard InChI is InChI=1S/C27H30N4O5/c1-27-13-12-24(33)31(27)22-10-5-3-8-20(22)26(35)30(27)14-6-11-23(32)28-21-9-4-2-7-19(21)25(34)29-15-17-36-18-16-29/h2-5,7-10H,6,11-18H2,1H3,(H,28,32). The fourth-order valence-corrected chi connectivity index (χ4v) is 5.37. The van der Waals surface area contributed by atoms with Gasteiger partial charge in [-0.2, -0.15) is 0 Å². The first-order valence-electron chi connectivity index (χ1n) is 12.4. The molecule has 0 spiro atoms. The Morgan fingerprint density at radius 2 is 1.75 bits per heavy atom. The number of benzene rings is 2. The Morgan fingerprint density at radius 1 is 1.03 bits per heavy atom. The van der Waals surface area contributed by atoms with Gasteiger partial charge in [0, 0.05) is 32.5 Å². The zero-order valence-corrected chi connectivity index (χ0v) is 20.4. The molecule has 9 nitrogen and oxygen atoms in total. The first kappa shape index (κ1) is 24.0. The molecule has 9 heteroatoms. The normalized spacial score (nSPS) is 21.3. The number of carbonyl (C=O) groups is 4. The molecule has 1 N–H and O–H groups in total. The van der Waals surface area contributed by atoms with E-state index in [-0.39, 0.29) is 30.0 Å². The van der Waals surface area contributed by atoms with Crippen LogP contribution in [0.1, 0.15) is 53.3 Å². The van der Waals surface area contributed by atoms with E-state index in [1.165, 1.54) is 0 Å². The molecule has 2 saturated heterocycles. The number of hydrogen-bond acceptors (Lipinski definition) is 5. The summed E-state index contributed by atoms with van der Waals surface area (Å²) in [6, 6.07) is 14.2. The summed E-state index contributed by atoms with van der Waals surface area (Å²) in [5, 5.41) is 2.87. The molecule has 5 rings (SSSR count). The minimum atomic E-state index is -0.740. The van der Waals surface area contributed by atoms with Crippen LogP contribution < -0.4 is 10.2 Å². The van der Waals surface area contributed by atoms with Crippen molar-refractivity contribution in [2.45, 2.75) is 38.3 Å². The molecular weight excluding hydrogens is 460 g/mol. The number of rotatable bonds is 6. The van der Waals surface area contributed by atoms with Crippen LogP contribution >= 0.6 is 0 Å². The van der Waals surface area contributed by atoms with Crippen molar-refractivity contribution in [2.24, 2.45) is 0 Å². The molecule has 1 atom stereocenters. The number of fused-ring (bicyclic) bond motifs is 3. The van der Waals surface area contributed by atoms with Gasteiger partial charge in [0.2, 0.25) is 11.8 Å². The van der Waals surface area contributed by atoms with Gasteiger partial charge in [0.05, 0.1) is 35.7 Å². The second kappa shape index (κ2) is 9.73. The maximum Gasteiger partial charge on any atom is 0.257 e. The molecule has 3 aliphatic heterocycles. The van der Waals surface area contributed by atoms with Crippen LogP contribution in [0.4, 0.5) is 11.4 Å². The lowest BCUT2D eigenvalue weighted by Gasteiger charge is -2.48. The summed E-state index contributed by atoms with van der Waals surface area (Å²) in [5.74, 6) is -0.486. The second-order valence-electron chi connectivity index (χ2n) is 9.52. The summed E-state index contributed by atoms with van der Waals surface area (Å²) < 4.78 is 5.33. The van der Waals surface area contributed by atoms with E-state index in [0.29, 0.717) is 74.6 Å². The van der Waals surface area contributed by atoms with Crippen molar-refractivity contribution in [1.29, 1.82) is 0 Å². The lowest BCUT2D eigenvalue weighted by atomic mass is 9.98. The van der Waals surface area contributed by atoms with E-state index in [0.717, 1.165) is 0 Å². The number of nitrogens with one attached hydrogen (secondary N) is 1. The lowest BCUT2D eigenvalue weighted by Crippen LogP contribution is -2.62. The van der Waals surface area contributed by atoms with Gasteiger partial charge >= 0.3 is 0 Å². The van der Waals surface area contributed by atoms with Crippen molar-refractivity contribution in [3.8, 4) is 0 Å². The van der Waals surface area contributed by atoms with Crippen molar-refractivity contribution >= 4 is 35.0 Å². The smallest absolute Gasteiger partial charge is 0.257 e. The first-order chi connectivity index (χ1) is 17.4. The molecule has 0 aliphatic carbocycles. The van der Waals surface area contributed by atoms with E-state index >= 15 is 0 Å². The van der Waals surface area contributed by atoms with E-state index in [4.69, 9.17) is 4.74 Å². The molecule has 0 aromatic heterocycles. The fourth-order valence-electron chi connectivity index (χ4n) is 5.37. The molecule has 2 fully saturated rings.